The minimum atomic E-state index is -0.463. The van der Waals surface area contributed by atoms with Crippen LogP contribution in [0.4, 0.5) is 10.5 Å². The average Bonchev–Trinajstić information content (AvgIpc) is 3.15. The van der Waals surface area contributed by atoms with E-state index in [-0.39, 0.29) is 18.0 Å². The highest BCUT2D eigenvalue weighted by atomic mass is 16.5. The van der Waals surface area contributed by atoms with Crippen LogP contribution in [0.3, 0.4) is 0 Å². The van der Waals surface area contributed by atoms with Gasteiger partial charge in [-0.25, -0.2) is 4.79 Å². The lowest BCUT2D eigenvalue weighted by Crippen LogP contribution is -2.47. The molecule has 2 aliphatic heterocycles. The van der Waals surface area contributed by atoms with Crippen LogP contribution < -0.4 is 15.5 Å². The first-order valence-electron chi connectivity index (χ1n) is 8.58. The molecule has 2 atom stereocenters. The molecule has 0 radical (unpaired) electrons. The minimum Gasteiger partial charge on any atom is -0.376 e. The number of hydrogen-bond acceptors (Lipinski definition) is 3. The highest BCUT2D eigenvalue weighted by molar-refractivity contribution is 6.01. The topological polar surface area (TPSA) is 70.7 Å². The van der Waals surface area contributed by atoms with Gasteiger partial charge in [-0.2, -0.15) is 0 Å². The molecule has 2 fully saturated rings. The lowest BCUT2D eigenvalue weighted by atomic mass is 10.1. The van der Waals surface area contributed by atoms with E-state index in [2.05, 4.69) is 16.7 Å². The number of benzene rings is 1. The van der Waals surface area contributed by atoms with Crippen molar-refractivity contribution < 1.29 is 14.3 Å². The first-order chi connectivity index (χ1) is 11.5. The smallest absolute Gasteiger partial charge is 0.315 e. The quantitative estimate of drug-likeness (QED) is 0.885. The third-order valence-corrected chi connectivity index (χ3v) is 4.54. The molecule has 2 heterocycles. The molecular weight excluding hydrogens is 306 g/mol. The average molecular weight is 331 g/mol. The van der Waals surface area contributed by atoms with E-state index in [1.54, 1.807) is 4.90 Å². The molecule has 2 saturated heterocycles. The summed E-state index contributed by atoms with van der Waals surface area (Å²) in [7, 11) is 0. The summed E-state index contributed by atoms with van der Waals surface area (Å²) in [6.07, 6.45) is 2.74. The molecule has 1 aromatic carbocycles. The molecule has 0 spiro atoms. The number of hydrogen-bond donors (Lipinski definition) is 2. The summed E-state index contributed by atoms with van der Waals surface area (Å²) >= 11 is 0. The largest absolute Gasteiger partial charge is 0.376 e. The van der Waals surface area contributed by atoms with Crippen molar-refractivity contribution in [2.24, 2.45) is 0 Å². The van der Waals surface area contributed by atoms with Gasteiger partial charge in [-0.05, 0) is 56.4 Å². The van der Waals surface area contributed by atoms with Gasteiger partial charge >= 0.3 is 6.03 Å². The Kier molecular flexibility index (Phi) is 5.04. The Balaban J connectivity index is 1.54. The van der Waals surface area contributed by atoms with Gasteiger partial charge in [0.15, 0.2) is 0 Å². The van der Waals surface area contributed by atoms with E-state index < -0.39 is 6.04 Å². The molecule has 3 rings (SSSR count). The zero-order chi connectivity index (χ0) is 17.1. The van der Waals surface area contributed by atoms with E-state index in [1.807, 2.05) is 26.0 Å². The molecular formula is C18H25N3O3. The molecule has 0 unspecified atom stereocenters. The van der Waals surface area contributed by atoms with Crippen LogP contribution >= 0.6 is 0 Å². The van der Waals surface area contributed by atoms with Gasteiger partial charge in [0.25, 0.3) is 0 Å². The van der Waals surface area contributed by atoms with Gasteiger partial charge in [0.2, 0.25) is 5.91 Å². The number of nitrogens with one attached hydrogen (secondary N) is 2. The molecule has 2 aliphatic rings. The van der Waals surface area contributed by atoms with Gasteiger partial charge < -0.3 is 20.3 Å². The number of nitrogens with zero attached hydrogens (tertiary/aromatic N) is 1. The van der Waals surface area contributed by atoms with Crippen LogP contribution in [0.25, 0.3) is 0 Å². The fourth-order valence-corrected chi connectivity index (χ4v) is 3.40. The first-order valence-corrected chi connectivity index (χ1v) is 8.58. The molecule has 0 saturated carbocycles. The van der Waals surface area contributed by atoms with Gasteiger partial charge in [0, 0.05) is 25.4 Å². The predicted octanol–water partition coefficient (Wildman–Crippen LogP) is 1.89. The van der Waals surface area contributed by atoms with Crippen LogP contribution in [-0.4, -0.2) is 43.8 Å². The molecule has 0 aliphatic carbocycles. The highest BCUT2D eigenvalue weighted by Crippen LogP contribution is 2.24. The Morgan fingerprint density at radius 1 is 1.25 bits per heavy atom. The summed E-state index contributed by atoms with van der Waals surface area (Å²) in [5.74, 6) is -0.0488. The van der Waals surface area contributed by atoms with E-state index in [1.165, 1.54) is 0 Å². The van der Waals surface area contributed by atoms with Gasteiger partial charge in [-0.15, -0.1) is 0 Å². The summed E-state index contributed by atoms with van der Waals surface area (Å²) in [6, 6.07) is 5.33. The van der Waals surface area contributed by atoms with Crippen LogP contribution in [-0.2, 0) is 9.53 Å². The number of urea groups is 1. The minimum absolute atomic E-state index is 0.0488. The van der Waals surface area contributed by atoms with Crippen LogP contribution in [0.15, 0.2) is 18.2 Å². The van der Waals surface area contributed by atoms with Crippen molar-refractivity contribution in [3.63, 3.8) is 0 Å². The van der Waals surface area contributed by atoms with Crippen molar-refractivity contribution >= 4 is 17.6 Å². The van der Waals surface area contributed by atoms with Gasteiger partial charge in [-0.1, -0.05) is 6.07 Å². The van der Waals surface area contributed by atoms with E-state index >= 15 is 0 Å². The Morgan fingerprint density at radius 2 is 2.00 bits per heavy atom. The molecule has 6 heteroatoms. The Bertz CT molecular complexity index is 606. The van der Waals surface area contributed by atoms with Crippen LogP contribution in [0.2, 0.25) is 0 Å². The van der Waals surface area contributed by atoms with E-state index in [0.29, 0.717) is 19.5 Å². The van der Waals surface area contributed by atoms with Crippen LogP contribution in [0.5, 0.6) is 0 Å². The third-order valence-electron chi connectivity index (χ3n) is 4.54. The van der Waals surface area contributed by atoms with E-state index in [0.717, 1.165) is 36.3 Å². The second kappa shape index (κ2) is 7.21. The van der Waals surface area contributed by atoms with Crippen molar-refractivity contribution in [1.82, 2.24) is 10.6 Å². The number of amides is 3. The molecule has 1 aromatic rings. The van der Waals surface area contributed by atoms with E-state index in [9.17, 15) is 9.59 Å². The van der Waals surface area contributed by atoms with Crippen molar-refractivity contribution in [2.45, 2.75) is 45.3 Å². The Morgan fingerprint density at radius 3 is 2.67 bits per heavy atom. The molecule has 0 aromatic heterocycles. The standard InChI is InChI=1S/C18H25N3O3/c1-12-8-13(2)10-14(9-12)21-6-5-16(17(21)22)20-18(23)19-11-15-4-3-7-24-15/h8-10,15-16H,3-7,11H2,1-2H3,(H2,19,20,23)/t15-,16+/m1/s1. The summed E-state index contributed by atoms with van der Waals surface area (Å²) in [6.45, 7) is 5.92. The number of ether oxygens (including phenoxy) is 1. The summed E-state index contributed by atoms with van der Waals surface area (Å²) < 4.78 is 5.47. The number of carbonyl (C=O) groups is 2. The van der Waals surface area contributed by atoms with Crippen molar-refractivity contribution in [2.75, 3.05) is 24.6 Å². The Hall–Kier alpha value is -2.08. The van der Waals surface area contributed by atoms with Gasteiger partial charge in [-0.3, -0.25) is 4.79 Å². The van der Waals surface area contributed by atoms with Crippen LogP contribution in [0.1, 0.15) is 30.4 Å². The second-order valence-electron chi connectivity index (χ2n) is 6.67. The summed E-state index contributed by atoms with van der Waals surface area (Å²) in [5, 5.41) is 5.58. The predicted molar refractivity (Wildman–Crippen MR) is 92.2 cm³/mol. The number of carbonyl (C=O) groups excluding carboxylic acids is 2. The molecule has 24 heavy (non-hydrogen) atoms. The highest BCUT2D eigenvalue weighted by Gasteiger charge is 2.33. The monoisotopic (exact) mass is 331 g/mol. The maximum Gasteiger partial charge on any atom is 0.315 e. The lowest BCUT2D eigenvalue weighted by molar-refractivity contribution is -0.118. The molecule has 6 nitrogen and oxygen atoms in total. The fraction of sp³-hybridized carbons (Fsp3) is 0.556. The number of anilines is 1. The maximum absolute atomic E-state index is 12.6. The molecule has 0 bridgehead atoms. The van der Waals surface area contributed by atoms with E-state index in [4.69, 9.17) is 4.74 Å². The van der Waals surface area contributed by atoms with Crippen molar-refractivity contribution in [3.8, 4) is 0 Å². The number of aryl methyl sites for hydroxylation is 2. The molecule has 130 valence electrons. The zero-order valence-electron chi connectivity index (χ0n) is 14.3. The summed E-state index contributed by atoms with van der Waals surface area (Å²) in [4.78, 5) is 26.3. The Labute approximate surface area is 142 Å². The third kappa shape index (κ3) is 3.87. The lowest BCUT2D eigenvalue weighted by Gasteiger charge is -2.19. The van der Waals surface area contributed by atoms with Crippen molar-refractivity contribution in [3.05, 3.63) is 29.3 Å². The summed E-state index contributed by atoms with van der Waals surface area (Å²) in [5.41, 5.74) is 3.16. The van der Waals surface area contributed by atoms with Gasteiger partial charge in [0.1, 0.15) is 6.04 Å². The molecule has 2 N–H and O–H groups in total. The first kappa shape index (κ1) is 16.8. The normalized spacial score (nSPS) is 23.6. The van der Waals surface area contributed by atoms with Gasteiger partial charge in [0.05, 0.1) is 6.10 Å². The second-order valence-corrected chi connectivity index (χ2v) is 6.67. The SMILES string of the molecule is Cc1cc(C)cc(N2CC[C@H](NC(=O)NC[C@H]3CCCO3)C2=O)c1. The maximum atomic E-state index is 12.6. The van der Waals surface area contributed by atoms with Crippen molar-refractivity contribution in [1.29, 1.82) is 0 Å². The fourth-order valence-electron chi connectivity index (χ4n) is 3.40. The molecule has 3 amide bonds. The zero-order valence-corrected chi connectivity index (χ0v) is 14.3. The van der Waals surface area contributed by atoms with Crippen LogP contribution in [0, 0.1) is 13.8 Å². The number of rotatable bonds is 4.